The lowest BCUT2D eigenvalue weighted by Crippen LogP contribution is -2.41. The van der Waals surface area contributed by atoms with Crippen molar-refractivity contribution in [1.29, 1.82) is 0 Å². The predicted octanol–water partition coefficient (Wildman–Crippen LogP) is 3.93. The molecule has 0 saturated carbocycles. The average Bonchev–Trinajstić information content (AvgIpc) is 3.20. The van der Waals surface area contributed by atoms with Crippen LogP contribution < -0.4 is 14.4 Å². The third kappa shape index (κ3) is 5.36. The molecule has 3 rings (SSSR count). The van der Waals surface area contributed by atoms with E-state index >= 15 is 0 Å². The maximum absolute atomic E-state index is 13.3. The first-order valence-corrected chi connectivity index (χ1v) is 12.0. The van der Waals surface area contributed by atoms with E-state index in [2.05, 4.69) is 10.3 Å². The van der Waals surface area contributed by atoms with Gasteiger partial charge in [0.05, 0.1) is 12.8 Å². The van der Waals surface area contributed by atoms with E-state index in [1.807, 2.05) is 12.1 Å². The molecule has 3 aromatic rings. The minimum Gasteiger partial charge on any atom is -0.497 e. The van der Waals surface area contributed by atoms with E-state index in [9.17, 15) is 13.2 Å². The second-order valence-corrected chi connectivity index (χ2v) is 10.1. The maximum atomic E-state index is 13.3. The summed E-state index contributed by atoms with van der Waals surface area (Å²) in [4.78, 5) is 16.8. The molecule has 0 aliphatic rings. The first-order chi connectivity index (χ1) is 14.7. The molecule has 0 saturated heterocycles. The molecule has 31 heavy (non-hydrogen) atoms. The second kappa shape index (κ2) is 9.67. The zero-order valence-corrected chi connectivity index (χ0v) is 19.6. The van der Waals surface area contributed by atoms with Crippen molar-refractivity contribution in [2.45, 2.75) is 24.7 Å². The van der Waals surface area contributed by atoms with Crippen LogP contribution in [0.3, 0.4) is 0 Å². The number of carbonyl (C=O) groups is 1. The molecule has 0 aliphatic heterocycles. The number of halogens is 1. The van der Waals surface area contributed by atoms with Gasteiger partial charge in [-0.3, -0.25) is 9.10 Å². The van der Waals surface area contributed by atoms with E-state index < -0.39 is 22.5 Å². The molecule has 0 radical (unpaired) electrons. The lowest BCUT2D eigenvalue weighted by Gasteiger charge is -2.24. The summed E-state index contributed by atoms with van der Waals surface area (Å²) in [5.41, 5.74) is 2.34. The molecule has 1 N–H and O–H groups in total. The minimum absolute atomic E-state index is 0.0765. The molecule has 0 unspecified atom stereocenters. The van der Waals surface area contributed by atoms with Crippen LogP contribution in [-0.2, 0) is 21.4 Å². The van der Waals surface area contributed by atoms with Crippen LogP contribution in [-0.4, -0.2) is 33.0 Å². The number of ether oxygens (including phenoxy) is 1. The third-order valence-electron chi connectivity index (χ3n) is 4.55. The molecule has 7 nitrogen and oxygen atoms in total. The highest BCUT2D eigenvalue weighted by Crippen LogP contribution is 2.31. The highest BCUT2D eigenvalue weighted by Gasteiger charge is 2.31. The Morgan fingerprint density at radius 2 is 1.90 bits per heavy atom. The Bertz CT molecular complexity index is 1180. The largest absolute Gasteiger partial charge is 0.497 e. The van der Waals surface area contributed by atoms with Gasteiger partial charge in [0, 0.05) is 22.6 Å². The van der Waals surface area contributed by atoms with Crippen molar-refractivity contribution in [1.82, 2.24) is 10.3 Å². The summed E-state index contributed by atoms with van der Waals surface area (Å²) in [6.07, 6.45) is 0. The molecule has 0 aliphatic carbocycles. The molecule has 2 aromatic carbocycles. The van der Waals surface area contributed by atoms with Crippen LogP contribution in [0.4, 0.5) is 5.69 Å². The number of nitrogens with zero attached hydrogens (tertiary/aromatic N) is 2. The Labute approximate surface area is 190 Å². The standard InChI is InChI=1S/C21H22ClN3O4S2/c1-14-13-30-21(24-14)31(27,28)25(19-6-4-5-18(22)15(19)2)12-20(26)23-11-16-7-9-17(29-3)10-8-16/h4-10,13H,11-12H2,1-3H3,(H,23,26). The number of sulfonamides is 1. The topological polar surface area (TPSA) is 88.6 Å². The van der Waals surface area contributed by atoms with E-state index in [4.69, 9.17) is 16.3 Å². The smallest absolute Gasteiger partial charge is 0.292 e. The SMILES string of the molecule is COc1ccc(CNC(=O)CN(c2cccc(Cl)c2C)S(=O)(=O)c2nc(C)cs2)cc1. The van der Waals surface area contributed by atoms with E-state index in [0.29, 0.717) is 27.7 Å². The molecular weight excluding hydrogens is 458 g/mol. The van der Waals surface area contributed by atoms with Gasteiger partial charge in [0.15, 0.2) is 0 Å². The van der Waals surface area contributed by atoms with Crippen molar-refractivity contribution in [2.75, 3.05) is 18.0 Å². The van der Waals surface area contributed by atoms with Gasteiger partial charge in [-0.2, -0.15) is 8.42 Å². The lowest BCUT2D eigenvalue weighted by molar-refractivity contribution is -0.119. The molecule has 1 amide bonds. The van der Waals surface area contributed by atoms with Crippen LogP contribution in [0.2, 0.25) is 5.02 Å². The summed E-state index contributed by atoms with van der Waals surface area (Å²) < 4.78 is 32.8. The van der Waals surface area contributed by atoms with Crippen molar-refractivity contribution in [2.24, 2.45) is 0 Å². The predicted molar refractivity (Wildman–Crippen MR) is 122 cm³/mol. The Morgan fingerprint density at radius 1 is 1.19 bits per heavy atom. The number of amides is 1. The Hall–Kier alpha value is -2.62. The number of hydrogen-bond acceptors (Lipinski definition) is 6. The van der Waals surface area contributed by atoms with Crippen molar-refractivity contribution in [3.8, 4) is 5.75 Å². The molecule has 164 valence electrons. The number of carbonyl (C=O) groups excluding carboxylic acids is 1. The number of anilines is 1. The molecule has 0 spiro atoms. The first kappa shape index (κ1) is 23.1. The number of aryl methyl sites for hydroxylation is 1. The van der Waals surface area contributed by atoms with Gasteiger partial charge in [0.2, 0.25) is 10.2 Å². The number of hydrogen-bond donors (Lipinski definition) is 1. The van der Waals surface area contributed by atoms with Crippen LogP contribution in [0.1, 0.15) is 16.8 Å². The van der Waals surface area contributed by atoms with E-state index in [1.165, 1.54) is 0 Å². The van der Waals surface area contributed by atoms with Gasteiger partial charge in [0.25, 0.3) is 10.0 Å². The van der Waals surface area contributed by atoms with Gasteiger partial charge >= 0.3 is 0 Å². The zero-order chi connectivity index (χ0) is 22.6. The highest BCUT2D eigenvalue weighted by atomic mass is 35.5. The van der Waals surface area contributed by atoms with Gasteiger partial charge in [-0.1, -0.05) is 29.8 Å². The summed E-state index contributed by atoms with van der Waals surface area (Å²) >= 11 is 7.23. The van der Waals surface area contributed by atoms with E-state index in [0.717, 1.165) is 21.2 Å². The van der Waals surface area contributed by atoms with Crippen molar-refractivity contribution in [3.63, 3.8) is 0 Å². The fourth-order valence-electron chi connectivity index (χ4n) is 2.84. The zero-order valence-electron chi connectivity index (χ0n) is 17.3. The Kier molecular flexibility index (Phi) is 7.19. The maximum Gasteiger partial charge on any atom is 0.292 e. The molecule has 1 heterocycles. The molecule has 0 atom stereocenters. The summed E-state index contributed by atoms with van der Waals surface area (Å²) in [6.45, 7) is 3.27. The van der Waals surface area contributed by atoms with Crippen LogP contribution in [0, 0.1) is 13.8 Å². The monoisotopic (exact) mass is 479 g/mol. The van der Waals surface area contributed by atoms with E-state index in [-0.39, 0.29) is 10.9 Å². The Balaban J connectivity index is 1.85. The van der Waals surface area contributed by atoms with Gasteiger partial charge < -0.3 is 10.1 Å². The van der Waals surface area contributed by atoms with Gasteiger partial charge in [-0.25, -0.2) is 4.98 Å². The number of aromatic nitrogens is 1. The number of benzene rings is 2. The average molecular weight is 480 g/mol. The highest BCUT2D eigenvalue weighted by molar-refractivity contribution is 7.94. The fraction of sp³-hybridized carbons (Fsp3) is 0.238. The normalized spacial score (nSPS) is 11.2. The number of nitrogens with one attached hydrogen (secondary N) is 1. The lowest BCUT2D eigenvalue weighted by atomic mass is 10.2. The number of thiazole rings is 1. The minimum atomic E-state index is -4.05. The first-order valence-electron chi connectivity index (χ1n) is 9.32. The van der Waals surface area contributed by atoms with E-state index in [1.54, 1.807) is 56.7 Å². The number of rotatable bonds is 8. The fourth-order valence-corrected chi connectivity index (χ4v) is 5.62. The van der Waals surface area contributed by atoms with Gasteiger partial charge in [-0.15, -0.1) is 11.3 Å². The van der Waals surface area contributed by atoms with Crippen LogP contribution in [0.25, 0.3) is 0 Å². The van der Waals surface area contributed by atoms with Crippen molar-refractivity contribution < 1.29 is 17.9 Å². The Morgan fingerprint density at radius 3 is 2.52 bits per heavy atom. The summed E-state index contributed by atoms with van der Waals surface area (Å²) in [7, 11) is -2.48. The molecule has 0 fully saturated rings. The summed E-state index contributed by atoms with van der Waals surface area (Å²) in [5, 5.41) is 4.83. The second-order valence-electron chi connectivity index (χ2n) is 6.78. The van der Waals surface area contributed by atoms with Crippen LogP contribution in [0.15, 0.2) is 52.2 Å². The quantitative estimate of drug-likeness (QED) is 0.528. The number of methoxy groups -OCH3 is 1. The summed E-state index contributed by atoms with van der Waals surface area (Å²) in [6, 6.07) is 12.2. The van der Waals surface area contributed by atoms with Crippen molar-refractivity contribution >= 4 is 44.6 Å². The third-order valence-corrected chi connectivity index (χ3v) is 8.07. The summed E-state index contributed by atoms with van der Waals surface area (Å²) in [5.74, 6) is 0.259. The molecule has 10 heteroatoms. The molecule has 0 bridgehead atoms. The van der Waals surface area contributed by atoms with Crippen molar-refractivity contribution in [3.05, 3.63) is 69.7 Å². The molecular formula is C21H22ClN3O4S2. The van der Waals surface area contributed by atoms with Gasteiger partial charge in [0.1, 0.15) is 12.3 Å². The van der Waals surface area contributed by atoms with Crippen LogP contribution in [0.5, 0.6) is 5.75 Å². The van der Waals surface area contributed by atoms with Gasteiger partial charge in [-0.05, 0) is 49.2 Å². The molecule has 1 aromatic heterocycles. The van der Waals surface area contributed by atoms with Crippen LogP contribution >= 0.6 is 22.9 Å².